The van der Waals surface area contributed by atoms with Crippen LogP contribution in [-0.2, 0) is 35.3 Å². The SMILES string of the molecule is CC(C)(C)C1CCc2c(sc(NC(=O)CCCC(=O)Nc3sc4c(c3C#N)CCC(C(C)(C)C)C4)c2C#N)C1. The van der Waals surface area contributed by atoms with E-state index in [2.05, 4.69) is 64.3 Å². The molecule has 0 aliphatic heterocycles. The maximum Gasteiger partial charge on any atom is 0.225 e. The Morgan fingerprint density at radius 1 is 0.769 bits per heavy atom. The van der Waals surface area contributed by atoms with Crippen molar-refractivity contribution < 1.29 is 9.59 Å². The third kappa shape index (κ3) is 6.56. The molecule has 208 valence electrons. The van der Waals surface area contributed by atoms with Crippen LogP contribution >= 0.6 is 22.7 Å². The fourth-order valence-electron chi connectivity index (χ4n) is 5.85. The lowest BCUT2D eigenvalue weighted by Crippen LogP contribution is -2.26. The lowest BCUT2D eigenvalue weighted by Gasteiger charge is -2.33. The number of hydrogen-bond acceptors (Lipinski definition) is 6. The van der Waals surface area contributed by atoms with Gasteiger partial charge >= 0.3 is 0 Å². The number of nitriles is 2. The largest absolute Gasteiger partial charge is 0.317 e. The second-order valence-electron chi connectivity index (χ2n) is 13.2. The van der Waals surface area contributed by atoms with Crippen molar-refractivity contribution in [2.24, 2.45) is 22.7 Å². The van der Waals surface area contributed by atoms with Crippen LogP contribution < -0.4 is 10.6 Å². The maximum absolute atomic E-state index is 12.7. The Balaban J connectivity index is 1.31. The molecule has 4 rings (SSSR count). The molecule has 0 saturated heterocycles. The first-order valence-corrected chi connectivity index (χ1v) is 15.6. The van der Waals surface area contributed by atoms with E-state index >= 15 is 0 Å². The highest BCUT2D eigenvalue weighted by atomic mass is 32.1. The number of fused-ring (bicyclic) bond motifs is 2. The summed E-state index contributed by atoms with van der Waals surface area (Å²) in [5.74, 6) is 0.769. The van der Waals surface area contributed by atoms with E-state index in [0.717, 1.165) is 49.7 Å². The summed E-state index contributed by atoms with van der Waals surface area (Å²) in [6, 6.07) is 4.63. The number of carbonyl (C=O) groups excluding carboxylic acids is 2. The number of nitrogens with one attached hydrogen (secondary N) is 2. The summed E-state index contributed by atoms with van der Waals surface area (Å²) in [4.78, 5) is 27.9. The molecule has 2 aromatic heterocycles. The van der Waals surface area contributed by atoms with Gasteiger partial charge in [-0.25, -0.2) is 0 Å². The van der Waals surface area contributed by atoms with Gasteiger partial charge in [0.2, 0.25) is 11.8 Å². The third-order valence-corrected chi connectivity index (χ3v) is 10.9. The highest BCUT2D eigenvalue weighted by Gasteiger charge is 2.33. The van der Waals surface area contributed by atoms with E-state index < -0.39 is 0 Å². The second kappa shape index (κ2) is 11.4. The molecule has 0 spiro atoms. The fourth-order valence-corrected chi connectivity index (χ4v) is 8.44. The number of rotatable bonds is 6. The molecule has 0 saturated carbocycles. The molecule has 6 nitrogen and oxygen atoms in total. The Kier molecular flexibility index (Phi) is 8.59. The summed E-state index contributed by atoms with van der Waals surface area (Å²) in [7, 11) is 0. The van der Waals surface area contributed by atoms with Crippen LogP contribution in [0.15, 0.2) is 0 Å². The van der Waals surface area contributed by atoms with Gasteiger partial charge in [0.25, 0.3) is 0 Å². The quantitative estimate of drug-likeness (QED) is 0.377. The van der Waals surface area contributed by atoms with E-state index in [4.69, 9.17) is 0 Å². The molecule has 0 aromatic carbocycles. The predicted octanol–water partition coefficient (Wildman–Crippen LogP) is 7.60. The standard InChI is InChI=1S/C31H40N4O2S2/c1-30(2,3)18-10-12-20-22(16-32)28(38-24(20)14-18)34-26(36)8-7-9-27(37)35-29-23(17-33)21-13-11-19(31(4,5)6)15-25(21)39-29/h18-19H,7-15H2,1-6H3,(H,34,36)(H,35,37). The number of anilines is 2. The van der Waals surface area contributed by atoms with Crippen LogP contribution in [0.3, 0.4) is 0 Å². The summed E-state index contributed by atoms with van der Waals surface area (Å²) in [6.45, 7) is 13.6. The van der Waals surface area contributed by atoms with Crippen LogP contribution in [0, 0.1) is 45.3 Å². The molecule has 8 heteroatoms. The minimum absolute atomic E-state index is 0.178. The van der Waals surface area contributed by atoms with Crippen LogP contribution in [-0.4, -0.2) is 11.8 Å². The molecule has 2 aromatic rings. The fraction of sp³-hybridized carbons (Fsp3) is 0.613. The normalized spacial score (nSPS) is 18.9. The van der Waals surface area contributed by atoms with Gasteiger partial charge < -0.3 is 10.6 Å². The molecule has 2 amide bonds. The number of nitrogens with zero attached hydrogens (tertiary/aromatic N) is 2. The van der Waals surface area contributed by atoms with Gasteiger partial charge in [0, 0.05) is 22.6 Å². The van der Waals surface area contributed by atoms with Gasteiger partial charge in [-0.15, -0.1) is 22.7 Å². The van der Waals surface area contributed by atoms with Crippen LogP contribution in [0.5, 0.6) is 0 Å². The molecule has 39 heavy (non-hydrogen) atoms. The maximum atomic E-state index is 12.7. The van der Waals surface area contributed by atoms with Crippen molar-refractivity contribution in [1.29, 1.82) is 10.5 Å². The first-order valence-electron chi connectivity index (χ1n) is 14.0. The average molecular weight is 565 g/mol. The van der Waals surface area contributed by atoms with Gasteiger partial charge in [0.15, 0.2) is 0 Å². The molecule has 2 aliphatic carbocycles. The van der Waals surface area contributed by atoms with Crippen LogP contribution in [0.2, 0.25) is 0 Å². The summed E-state index contributed by atoms with van der Waals surface area (Å²) in [5, 5.41) is 26.7. The third-order valence-electron chi connectivity index (χ3n) is 8.52. The zero-order chi connectivity index (χ0) is 28.5. The van der Waals surface area contributed by atoms with E-state index in [1.807, 2.05) is 0 Å². The van der Waals surface area contributed by atoms with E-state index in [9.17, 15) is 20.1 Å². The number of thiophene rings is 2. The van der Waals surface area contributed by atoms with E-state index in [-0.39, 0.29) is 35.5 Å². The molecule has 2 heterocycles. The van der Waals surface area contributed by atoms with Gasteiger partial charge in [0.05, 0.1) is 11.1 Å². The molecule has 2 atom stereocenters. The molecule has 2 aliphatic rings. The highest BCUT2D eigenvalue weighted by molar-refractivity contribution is 7.17. The average Bonchev–Trinajstić information content (AvgIpc) is 3.37. The molecule has 0 fully saturated rings. The Hall–Kier alpha value is -2.68. The van der Waals surface area contributed by atoms with Crippen molar-refractivity contribution >= 4 is 44.5 Å². The molecule has 0 radical (unpaired) electrons. The molecular weight excluding hydrogens is 525 g/mol. The lowest BCUT2D eigenvalue weighted by molar-refractivity contribution is -0.117. The zero-order valence-corrected chi connectivity index (χ0v) is 25.7. The molecule has 0 bridgehead atoms. The van der Waals surface area contributed by atoms with Crippen LogP contribution in [0.25, 0.3) is 0 Å². The first-order chi connectivity index (χ1) is 18.3. The van der Waals surface area contributed by atoms with Crippen molar-refractivity contribution in [2.45, 2.75) is 99.3 Å². The number of carbonyl (C=O) groups is 2. The highest BCUT2D eigenvalue weighted by Crippen LogP contribution is 2.45. The van der Waals surface area contributed by atoms with Crippen molar-refractivity contribution in [1.82, 2.24) is 0 Å². The van der Waals surface area contributed by atoms with Gasteiger partial charge in [0.1, 0.15) is 22.1 Å². The summed E-state index contributed by atoms with van der Waals surface area (Å²) < 4.78 is 0. The number of amides is 2. The Labute approximate surface area is 240 Å². The van der Waals surface area contributed by atoms with Gasteiger partial charge in [-0.05, 0) is 78.7 Å². The van der Waals surface area contributed by atoms with Crippen molar-refractivity contribution in [3.05, 3.63) is 32.0 Å². The molecular formula is C31H40N4O2S2. The minimum Gasteiger partial charge on any atom is -0.317 e. The van der Waals surface area contributed by atoms with Crippen molar-refractivity contribution in [3.8, 4) is 12.1 Å². The van der Waals surface area contributed by atoms with Gasteiger partial charge in [-0.1, -0.05) is 41.5 Å². The minimum atomic E-state index is -0.178. The molecule has 2 unspecified atom stereocenters. The van der Waals surface area contributed by atoms with Crippen LogP contribution in [0.1, 0.15) is 106 Å². The van der Waals surface area contributed by atoms with Gasteiger partial charge in [-0.3, -0.25) is 9.59 Å². The lowest BCUT2D eigenvalue weighted by atomic mass is 9.72. The zero-order valence-electron chi connectivity index (χ0n) is 24.0. The first kappa shape index (κ1) is 29.3. The number of hydrogen-bond donors (Lipinski definition) is 2. The van der Waals surface area contributed by atoms with Crippen molar-refractivity contribution in [3.63, 3.8) is 0 Å². The summed E-state index contributed by atoms with van der Waals surface area (Å²) >= 11 is 3.06. The molecule has 2 N–H and O–H groups in total. The smallest absolute Gasteiger partial charge is 0.225 e. The second-order valence-corrected chi connectivity index (χ2v) is 15.4. The van der Waals surface area contributed by atoms with Gasteiger partial charge in [-0.2, -0.15) is 10.5 Å². The van der Waals surface area contributed by atoms with E-state index in [1.54, 1.807) is 0 Å². The summed E-state index contributed by atoms with van der Waals surface area (Å²) in [5.41, 5.74) is 3.82. The van der Waals surface area contributed by atoms with Crippen LogP contribution in [0.4, 0.5) is 10.0 Å². The Morgan fingerprint density at radius 3 is 1.49 bits per heavy atom. The monoisotopic (exact) mass is 564 g/mol. The van der Waals surface area contributed by atoms with Crippen molar-refractivity contribution in [2.75, 3.05) is 10.6 Å². The Morgan fingerprint density at radius 2 is 1.15 bits per heavy atom. The summed E-state index contributed by atoms with van der Waals surface area (Å²) in [6.07, 6.45) is 6.56. The predicted molar refractivity (Wildman–Crippen MR) is 159 cm³/mol. The van der Waals surface area contributed by atoms with E-state index in [0.29, 0.717) is 39.4 Å². The van der Waals surface area contributed by atoms with E-state index in [1.165, 1.54) is 32.4 Å². The topological polar surface area (TPSA) is 106 Å². The Bertz CT molecular complexity index is 1240.